The smallest absolute Gasteiger partial charge is 0.339 e. The first-order chi connectivity index (χ1) is 10.0. The predicted molar refractivity (Wildman–Crippen MR) is 72.3 cm³/mol. The zero-order chi connectivity index (χ0) is 15.2. The van der Waals surface area contributed by atoms with Gasteiger partial charge in [0, 0.05) is 18.7 Å². The van der Waals surface area contributed by atoms with E-state index in [2.05, 4.69) is 0 Å². The van der Waals surface area contributed by atoms with Crippen LogP contribution < -0.4 is 4.90 Å². The highest BCUT2D eigenvalue weighted by atomic mass is 16.6. The van der Waals surface area contributed by atoms with Crippen molar-refractivity contribution in [2.45, 2.75) is 12.5 Å². The Kier molecular flexibility index (Phi) is 2.83. The van der Waals surface area contributed by atoms with Crippen molar-refractivity contribution in [3.63, 3.8) is 0 Å². The van der Waals surface area contributed by atoms with Gasteiger partial charge in [0.2, 0.25) is 5.60 Å². The minimum atomic E-state index is -1.71. The maximum Gasteiger partial charge on any atom is 0.339 e. The fraction of sp³-hybridized carbons (Fsp3) is 0.267. The van der Waals surface area contributed by atoms with Crippen molar-refractivity contribution in [2.75, 3.05) is 18.6 Å². The van der Waals surface area contributed by atoms with Crippen LogP contribution in [-0.2, 0) is 29.5 Å². The van der Waals surface area contributed by atoms with E-state index in [1.54, 1.807) is 38.2 Å². The van der Waals surface area contributed by atoms with Gasteiger partial charge in [0.25, 0.3) is 5.91 Å². The Bertz CT molecular complexity index is 693. The van der Waals surface area contributed by atoms with E-state index < -0.39 is 23.4 Å². The van der Waals surface area contributed by atoms with Crippen LogP contribution in [0.3, 0.4) is 0 Å². The molecule has 0 N–H and O–H groups in total. The summed E-state index contributed by atoms with van der Waals surface area (Å²) in [6.45, 7) is 1.80. The fourth-order valence-corrected chi connectivity index (χ4v) is 2.75. The average molecular weight is 287 g/mol. The van der Waals surface area contributed by atoms with Crippen molar-refractivity contribution in [2.24, 2.45) is 0 Å². The second-order valence-electron chi connectivity index (χ2n) is 4.76. The number of hydrogen-bond acceptors (Lipinski definition) is 5. The summed E-state index contributed by atoms with van der Waals surface area (Å²) in [4.78, 5) is 37.9. The normalized spacial score (nSPS) is 23.1. The number of ether oxygens (including phenoxy) is 2. The van der Waals surface area contributed by atoms with Crippen LogP contribution in [0, 0.1) is 0 Å². The first-order valence-electron chi connectivity index (χ1n) is 6.52. The Hall–Kier alpha value is -2.63. The number of benzene rings is 1. The van der Waals surface area contributed by atoms with E-state index in [0.29, 0.717) is 11.3 Å². The van der Waals surface area contributed by atoms with Gasteiger partial charge in [-0.3, -0.25) is 4.79 Å². The number of amides is 1. The molecule has 1 aromatic carbocycles. The van der Waals surface area contributed by atoms with Crippen LogP contribution in [-0.4, -0.2) is 31.5 Å². The van der Waals surface area contributed by atoms with Gasteiger partial charge in [-0.25, -0.2) is 9.59 Å². The van der Waals surface area contributed by atoms with E-state index in [-0.39, 0.29) is 12.2 Å². The van der Waals surface area contributed by atoms with Gasteiger partial charge in [-0.05, 0) is 13.0 Å². The summed E-state index contributed by atoms with van der Waals surface area (Å²) in [5, 5.41) is 0. The van der Waals surface area contributed by atoms with Crippen molar-refractivity contribution in [3.05, 3.63) is 41.5 Å². The van der Waals surface area contributed by atoms with E-state index in [4.69, 9.17) is 9.47 Å². The monoisotopic (exact) mass is 287 g/mol. The van der Waals surface area contributed by atoms with Gasteiger partial charge < -0.3 is 14.4 Å². The van der Waals surface area contributed by atoms with Crippen LogP contribution in [0.25, 0.3) is 0 Å². The summed E-state index contributed by atoms with van der Waals surface area (Å²) in [7, 11) is 1.57. The number of carbonyl (C=O) groups excluding carboxylic acids is 3. The molecule has 2 aliphatic heterocycles. The predicted octanol–water partition coefficient (Wildman–Crippen LogP) is 0.905. The van der Waals surface area contributed by atoms with E-state index in [0.717, 1.165) is 6.08 Å². The van der Waals surface area contributed by atoms with Crippen molar-refractivity contribution < 1.29 is 23.9 Å². The summed E-state index contributed by atoms with van der Waals surface area (Å²) in [5.41, 5.74) is -0.708. The molecule has 0 saturated heterocycles. The molecule has 0 saturated carbocycles. The van der Waals surface area contributed by atoms with Gasteiger partial charge >= 0.3 is 11.9 Å². The zero-order valence-electron chi connectivity index (χ0n) is 11.6. The highest BCUT2D eigenvalue weighted by molar-refractivity contribution is 6.18. The maximum atomic E-state index is 12.7. The summed E-state index contributed by atoms with van der Waals surface area (Å²) in [5.74, 6) is -1.92. The lowest BCUT2D eigenvalue weighted by Gasteiger charge is -2.24. The van der Waals surface area contributed by atoms with E-state index >= 15 is 0 Å². The quantitative estimate of drug-likeness (QED) is 0.756. The third kappa shape index (κ3) is 1.62. The minimum absolute atomic E-state index is 0.0730. The number of anilines is 1. The number of fused-ring (bicyclic) bond motifs is 2. The molecule has 2 aliphatic rings. The molecule has 6 heteroatoms. The van der Waals surface area contributed by atoms with Crippen LogP contribution in [0.1, 0.15) is 12.5 Å². The van der Waals surface area contributed by atoms with Gasteiger partial charge in [0.1, 0.15) is 5.57 Å². The topological polar surface area (TPSA) is 72.9 Å². The maximum absolute atomic E-state index is 12.7. The molecule has 1 spiro atoms. The Balaban J connectivity index is 2.20. The second kappa shape index (κ2) is 4.44. The van der Waals surface area contributed by atoms with Crippen molar-refractivity contribution in [1.82, 2.24) is 0 Å². The van der Waals surface area contributed by atoms with E-state index in [9.17, 15) is 14.4 Å². The summed E-state index contributed by atoms with van der Waals surface area (Å²) >= 11 is 0. The Morgan fingerprint density at radius 3 is 2.76 bits per heavy atom. The number of rotatable bonds is 2. The van der Waals surface area contributed by atoms with Crippen LogP contribution in [0.15, 0.2) is 35.9 Å². The molecule has 3 rings (SSSR count). The Morgan fingerprint density at radius 2 is 2.05 bits per heavy atom. The molecule has 21 heavy (non-hydrogen) atoms. The van der Waals surface area contributed by atoms with Crippen LogP contribution in [0.4, 0.5) is 5.69 Å². The third-order valence-electron chi connectivity index (χ3n) is 3.64. The second-order valence-corrected chi connectivity index (χ2v) is 4.76. The highest BCUT2D eigenvalue weighted by Crippen LogP contribution is 2.49. The van der Waals surface area contributed by atoms with Gasteiger partial charge in [-0.15, -0.1) is 0 Å². The molecule has 0 bridgehead atoms. The van der Waals surface area contributed by atoms with Gasteiger partial charge in [-0.2, -0.15) is 0 Å². The first-order valence-corrected chi connectivity index (χ1v) is 6.52. The van der Waals surface area contributed by atoms with Crippen LogP contribution in [0.2, 0.25) is 0 Å². The van der Waals surface area contributed by atoms with Gasteiger partial charge in [-0.1, -0.05) is 18.2 Å². The number of hydrogen-bond donors (Lipinski definition) is 0. The molecule has 1 aromatic rings. The van der Waals surface area contributed by atoms with E-state index in [1.807, 2.05) is 0 Å². The highest BCUT2D eigenvalue weighted by Gasteiger charge is 2.61. The Morgan fingerprint density at radius 1 is 1.33 bits per heavy atom. The lowest BCUT2D eigenvalue weighted by Crippen LogP contribution is -2.43. The number of nitrogens with zero attached hydrogens (tertiary/aromatic N) is 1. The molecular weight excluding hydrogens is 274 g/mol. The van der Waals surface area contributed by atoms with Crippen molar-refractivity contribution >= 4 is 23.5 Å². The molecule has 0 aliphatic carbocycles. The summed E-state index contributed by atoms with van der Waals surface area (Å²) < 4.78 is 10.2. The fourth-order valence-electron chi connectivity index (χ4n) is 2.75. The van der Waals surface area contributed by atoms with Gasteiger partial charge in [0.05, 0.1) is 12.3 Å². The van der Waals surface area contributed by atoms with Crippen molar-refractivity contribution in [1.29, 1.82) is 0 Å². The molecule has 0 fully saturated rings. The number of esters is 2. The Labute approximate surface area is 120 Å². The molecular formula is C15H13NO5. The van der Waals surface area contributed by atoms with E-state index in [1.165, 1.54) is 4.90 Å². The third-order valence-corrected chi connectivity index (χ3v) is 3.64. The summed E-state index contributed by atoms with van der Waals surface area (Å²) in [6.07, 6.45) is 1.03. The lowest BCUT2D eigenvalue weighted by molar-refractivity contribution is -0.157. The largest absolute Gasteiger partial charge is 0.462 e. The average Bonchev–Trinajstić information content (AvgIpc) is 2.93. The van der Waals surface area contributed by atoms with Crippen LogP contribution in [0.5, 0.6) is 0 Å². The van der Waals surface area contributed by atoms with Crippen molar-refractivity contribution in [3.8, 4) is 0 Å². The molecule has 0 unspecified atom stereocenters. The number of para-hydroxylation sites is 1. The minimum Gasteiger partial charge on any atom is -0.462 e. The van der Waals surface area contributed by atoms with Gasteiger partial charge in [0.15, 0.2) is 0 Å². The molecule has 6 nitrogen and oxygen atoms in total. The van der Waals surface area contributed by atoms with Crippen LogP contribution >= 0.6 is 0 Å². The number of likely N-dealkylation sites (N-methyl/N-ethyl adjacent to an activating group) is 1. The SMILES string of the molecule is CCOC(=O)C1=CC(=O)O[C@@]12C(=O)N(C)c1ccccc12. The lowest BCUT2D eigenvalue weighted by atomic mass is 9.88. The standard InChI is InChI=1S/C15H13NO5/c1-3-20-13(18)10-8-12(17)21-15(10)9-6-4-5-7-11(9)16(2)14(15)19/h4-8H,3H2,1-2H3/t15-/m1/s1. The molecule has 2 heterocycles. The molecule has 108 valence electrons. The molecule has 0 aromatic heterocycles. The molecule has 1 amide bonds. The molecule has 0 radical (unpaired) electrons. The summed E-state index contributed by atoms with van der Waals surface area (Å²) in [6, 6.07) is 6.90. The zero-order valence-corrected chi connectivity index (χ0v) is 11.6. The molecule has 1 atom stereocenters. The number of carbonyl (C=O) groups is 3. The first kappa shape index (κ1) is 13.4.